The zero-order chi connectivity index (χ0) is 17.6. The standard InChI is InChI=1S/C19H22ClN3O2/c1-25-18-3-2-15(20)12-17(18)19(24)22-13-14-6-10-23(11-7-14)16-4-8-21-9-5-16/h2-5,8-9,12,14H,6-7,10-11,13H2,1H3,(H,22,24). The molecule has 0 aliphatic carbocycles. The van der Waals surface area contributed by atoms with E-state index in [1.165, 1.54) is 5.69 Å². The summed E-state index contributed by atoms with van der Waals surface area (Å²) in [6, 6.07) is 9.14. The third kappa shape index (κ3) is 4.42. The quantitative estimate of drug-likeness (QED) is 0.889. The van der Waals surface area contributed by atoms with Crippen LogP contribution in [0.25, 0.3) is 0 Å². The SMILES string of the molecule is COc1ccc(Cl)cc1C(=O)NCC1CCN(c2ccncc2)CC1. The van der Waals surface area contributed by atoms with E-state index >= 15 is 0 Å². The van der Waals surface area contributed by atoms with Gasteiger partial charge in [0.25, 0.3) is 5.91 Å². The summed E-state index contributed by atoms with van der Waals surface area (Å²) in [4.78, 5) is 18.9. The van der Waals surface area contributed by atoms with Gasteiger partial charge in [-0.05, 0) is 49.1 Å². The molecule has 0 spiro atoms. The molecule has 6 heteroatoms. The van der Waals surface area contributed by atoms with Crippen LogP contribution in [0, 0.1) is 5.92 Å². The Morgan fingerprint density at radius 3 is 2.68 bits per heavy atom. The van der Waals surface area contributed by atoms with Crippen LogP contribution in [0.15, 0.2) is 42.7 Å². The minimum Gasteiger partial charge on any atom is -0.496 e. The van der Waals surface area contributed by atoms with Crippen LogP contribution in [0.3, 0.4) is 0 Å². The monoisotopic (exact) mass is 359 g/mol. The molecule has 0 bridgehead atoms. The third-order valence-electron chi connectivity index (χ3n) is 4.60. The third-order valence-corrected chi connectivity index (χ3v) is 4.83. The fourth-order valence-electron chi connectivity index (χ4n) is 3.14. The molecular weight excluding hydrogens is 338 g/mol. The second-order valence-electron chi connectivity index (χ2n) is 6.19. The van der Waals surface area contributed by atoms with Gasteiger partial charge >= 0.3 is 0 Å². The number of benzene rings is 1. The number of rotatable bonds is 5. The van der Waals surface area contributed by atoms with Crippen molar-refractivity contribution in [2.45, 2.75) is 12.8 Å². The number of methoxy groups -OCH3 is 1. The molecule has 1 aromatic carbocycles. The maximum atomic E-state index is 12.4. The number of halogens is 1. The molecule has 1 N–H and O–H groups in total. The normalized spacial score (nSPS) is 15.0. The van der Waals surface area contributed by atoms with Gasteiger partial charge in [0, 0.05) is 42.7 Å². The van der Waals surface area contributed by atoms with Crippen LogP contribution in [0.2, 0.25) is 5.02 Å². The topological polar surface area (TPSA) is 54.5 Å². The summed E-state index contributed by atoms with van der Waals surface area (Å²) < 4.78 is 5.25. The molecule has 2 heterocycles. The zero-order valence-electron chi connectivity index (χ0n) is 14.2. The summed E-state index contributed by atoms with van der Waals surface area (Å²) >= 11 is 6.00. The first kappa shape index (κ1) is 17.5. The van der Waals surface area contributed by atoms with Crippen LogP contribution in [0.5, 0.6) is 5.75 Å². The van der Waals surface area contributed by atoms with Gasteiger partial charge in [0.2, 0.25) is 0 Å². The van der Waals surface area contributed by atoms with Crippen molar-refractivity contribution >= 4 is 23.2 Å². The molecule has 3 rings (SSSR count). The number of hydrogen-bond acceptors (Lipinski definition) is 4. The van der Waals surface area contributed by atoms with Gasteiger partial charge in [-0.25, -0.2) is 0 Å². The van der Waals surface area contributed by atoms with Crippen molar-refractivity contribution in [3.8, 4) is 5.75 Å². The number of carbonyl (C=O) groups excluding carboxylic acids is 1. The first-order chi connectivity index (χ1) is 12.2. The molecule has 0 saturated carbocycles. The second kappa shape index (κ2) is 8.21. The Hall–Kier alpha value is -2.27. The summed E-state index contributed by atoms with van der Waals surface area (Å²) in [5.74, 6) is 0.873. The van der Waals surface area contributed by atoms with Gasteiger partial charge in [0.05, 0.1) is 12.7 Å². The molecule has 0 radical (unpaired) electrons. The fourth-order valence-corrected chi connectivity index (χ4v) is 3.31. The van der Waals surface area contributed by atoms with Crippen molar-refractivity contribution in [3.05, 3.63) is 53.3 Å². The fraction of sp³-hybridized carbons (Fsp3) is 0.368. The van der Waals surface area contributed by atoms with Crippen molar-refractivity contribution in [2.75, 3.05) is 31.6 Å². The van der Waals surface area contributed by atoms with Gasteiger partial charge in [0.15, 0.2) is 0 Å². The summed E-state index contributed by atoms with van der Waals surface area (Å²) in [6.45, 7) is 2.65. The summed E-state index contributed by atoms with van der Waals surface area (Å²) in [6.07, 6.45) is 5.74. The molecule has 0 unspecified atom stereocenters. The second-order valence-corrected chi connectivity index (χ2v) is 6.63. The molecule has 1 aliphatic heterocycles. The number of carbonyl (C=O) groups is 1. The van der Waals surface area contributed by atoms with E-state index in [4.69, 9.17) is 16.3 Å². The molecule has 1 saturated heterocycles. The smallest absolute Gasteiger partial charge is 0.255 e. The first-order valence-corrected chi connectivity index (χ1v) is 8.82. The average Bonchev–Trinajstić information content (AvgIpc) is 2.67. The van der Waals surface area contributed by atoms with E-state index in [1.807, 2.05) is 24.5 Å². The van der Waals surface area contributed by atoms with Gasteiger partial charge in [-0.15, -0.1) is 0 Å². The number of aromatic nitrogens is 1. The average molecular weight is 360 g/mol. The number of piperidine rings is 1. The highest BCUT2D eigenvalue weighted by atomic mass is 35.5. The van der Waals surface area contributed by atoms with E-state index < -0.39 is 0 Å². The highest BCUT2D eigenvalue weighted by molar-refractivity contribution is 6.31. The van der Waals surface area contributed by atoms with E-state index in [0.29, 0.717) is 28.8 Å². The minimum absolute atomic E-state index is 0.143. The van der Waals surface area contributed by atoms with Crippen molar-refractivity contribution in [1.29, 1.82) is 0 Å². The number of amides is 1. The Labute approximate surface area is 153 Å². The Bertz CT molecular complexity index is 716. The Kier molecular flexibility index (Phi) is 5.76. The molecule has 1 fully saturated rings. The van der Waals surface area contributed by atoms with E-state index in [1.54, 1.807) is 25.3 Å². The first-order valence-electron chi connectivity index (χ1n) is 8.44. The van der Waals surface area contributed by atoms with E-state index in [0.717, 1.165) is 25.9 Å². The Balaban J connectivity index is 1.52. The summed E-state index contributed by atoms with van der Waals surface area (Å²) in [7, 11) is 1.55. The van der Waals surface area contributed by atoms with Gasteiger partial charge in [-0.2, -0.15) is 0 Å². The molecule has 1 aliphatic rings. The van der Waals surface area contributed by atoms with Crippen molar-refractivity contribution in [3.63, 3.8) is 0 Å². The highest BCUT2D eigenvalue weighted by Crippen LogP contribution is 2.24. The molecule has 2 aromatic rings. The number of nitrogens with zero attached hydrogens (tertiary/aromatic N) is 2. The predicted octanol–water partition coefficient (Wildman–Crippen LogP) is 3.39. The minimum atomic E-state index is -0.143. The maximum Gasteiger partial charge on any atom is 0.255 e. The van der Waals surface area contributed by atoms with E-state index in [2.05, 4.69) is 15.2 Å². The van der Waals surface area contributed by atoms with Gasteiger partial charge in [-0.1, -0.05) is 11.6 Å². The van der Waals surface area contributed by atoms with Gasteiger partial charge in [0.1, 0.15) is 5.75 Å². The van der Waals surface area contributed by atoms with E-state index in [9.17, 15) is 4.79 Å². The number of hydrogen-bond donors (Lipinski definition) is 1. The van der Waals surface area contributed by atoms with Crippen LogP contribution in [0.4, 0.5) is 5.69 Å². The summed E-state index contributed by atoms with van der Waals surface area (Å²) in [5, 5.41) is 3.54. The van der Waals surface area contributed by atoms with Crippen LogP contribution < -0.4 is 15.0 Å². The van der Waals surface area contributed by atoms with Crippen LogP contribution in [-0.2, 0) is 0 Å². The van der Waals surface area contributed by atoms with Crippen molar-refractivity contribution in [1.82, 2.24) is 10.3 Å². The van der Waals surface area contributed by atoms with E-state index in [-0.39, 0.29) is 5.91 Å². The Morgan fingerprint density at radius 1 is 1.28 bits per heavy atom. The molecule has 1 amide bonds. The van der Waals surface area contributed by atoms with Gasteiger partial charge in [-0.3, -0.25) is 9.78 Å². The summed E-state index contributed by atoms with van der Waals surface area (Å²) in [5.41, 5.74) is 1.69. The lowest BCUT2D eigenvalue weighted by atomic mass is 9.96. The van der Waals surface area contributed by atoms with Crippen LogP contribution in [-0.4, -0.2) is 37.6 Å². The van der Waals surface area contributed by atoms with Crippen LogP contribution in [0.1, 0.15) is 23.2 Å². The molecule has 0 atom stereocenters. The highest BCUT2D eigenvalue weighted by Gasteiger charge is 2.21. The van der Waals surface area contributed by atoms with Crippen molar-refractivity contribution < 1.29 is 9.53 Å². The number of pyridine rings is 1. The van der Waals surface area contributed by atoms with Crippen LogP contribution >= 0.6 is 11.6 Å². The number of ether oxygens (including phenoxy) is 1. The molecule has 25 heavy (non-hydrogen) atoms. The zero-order valence-corrected chi connectivity index (χ0v) is 15.0. The van der Waals surface area contributed by atoms with Gasteiger partial charge < -0.3 is 15.0 Å². The largest absolute Gasteiger partial charge is 0.496 e. The Morgan fingerprint density at radius 2 is 2.00 bits per heavy atom. The predicted molar refractivity (Wildman–Crippen MR) is 99.5 cm³/mol. The molecule has 1 aromatic heterocycles. The molecule has 132 valence electrons. The number of nitrogens with one attached hydrogen (secondary N) is 1. The lowest BCUT2D eigenvalue weighted by Gasteiger charge is -2.33. The lowest BCUT2D eigenvalue weighted by Crippen LogP contribution is -2.38. The number of anilines is 1. The molecular formula is C19H22ClN3O2. The molecule has 5 nitrogen and oxygen atoms in total. The van der Waals surface area contributed by atoms with Crippen molar-refractivity contribution in [2.24, 2.45) is 5.92 Å². The maximum absolute atomic E-state index is 12.4. The lowest BCUT2D eigenvalue weighted by molar-refractivity contribution is 0.0942.